The predicted octanol–water partition coefficient (Wildman–Crippen LogP) is 0.567. The topological polar surface area (TPSA) is 124 Å². The van der Waals surface area contributed by atoms with Crippen LogP contribution in [0.15, 0.2) is 34.7 Å². The molecule has 1 unspecified atom stereocenters. The van der Waals surface area contributed by atoms with Gasteiger partial charge in [-0.15, -0.1) is 22.7 Å². The summed E-state index contributed by atoms with van der Waals surface area (Å²) in [6.07, 6.45) is 0.163. The van der Waals surface area contributed by atoms with Gasteiger partial charge in [-0.05, 0) is 17.5 Å². The Balaban J connectivity index is 1.46. The Labute approximate surface area is 149 Å². The number of H-pyrrole nitrogens is 1. The number of aliphatic hydroxyl groups excluding tert-OH is 1. The molecule has 0 aliphatic carbocycles. The first-order chi connectivity index (χ1) is 12.0. The Kier molecular flexibility index (Phi) is 5.22. The standard InChI is InChI=1S/C15H14N4O4S2/c20-8(5-16-14(22)9-3-13(21)19-7-18-9)6-17-15(23)12-4-11-10(25-12)1-2-24-11/h1-4,7-8,20H,5-6H2,(H,16,22)(H,17,23)(H,18,19,21). The van der Waals surface area contributed by atoms with Gasteiger partial charge in [-0.2, -0.15) is 0 Å². The zero-order valence-electron chi connectivity index (χ0n) is 12.8. The molecule has 3 aromatic heterocycles. The largest absolute Gasteiger partial charge is 0.389 e. The maximum Gasteiger partial charge on any atom is 0.270 e. The smallest absolute Gasteiger partial charge is 0.270 e. The molecule has 10 heteroatoms. The van der Waals surface area contributed by atoms with Crippen LogP contribution in [0.3, 0.4) is 0 Å². The molecule has 1 atom stereocenters. The van der Waals surface area contributed by atoms with Crippen LogP contribution < -0.4 is 16.2 Å². The summed E-state index contributed by atoms with van der Waals surface area (Å²) in [4.78, 5) is 41.6. The molecule has 0 aliphatic heterocycles. The van der Waals surface area contributed by atoms with E-state index in [1.165, 1.54) is 11.3 Å². The highest BCUT2D eigenvalue weighted by Crippen LogP contribution is 2.29. The van der Waals surface area contributed by atoms with E-state index < -0.39 is 17.6 Å². The molecule has 3 rings (SSSR count). The molecule has 0 saturated heterocycles. The first-order valence-corrected chi connectivity index (χ1v) is 8.99. The Morgan fingerprint density at radius 2 is 1.96 bits per heavy atom. The normalized spacial score (nSPS) is 12.0. The number of carbonyl (C=O) groups is 2. The summed E-state index contributed by atoms with van der Waals surface area (Å²) in [5.74, 6) is -0.843. The molecule has 0 spiro atoms. The van der Waals surface area contributed by atoms with Crippen LogP contribution in [0.1, 0.15) is 20.2 Å². The van der Waals surface area contributed by atoms with Crippen LogP contribution >= 0.6 is 22.7 Å². The van der Waals surface area contributed by atoms with Crippen molar-refractivity contribution in [1.29, 1.82) is 0 Å². The highest BCUT2D eigenvalue weighted by Gasteiger charge is 2.14. The van der Waals surface area contributed by atoms with Gasteiger partial charge in [0, 0.05) is 28.6 Å². The second kappa shape index (κ2) is 7.55. The molecule has 0 aromatic carbocycles. The van der Waals surface area contributed by atoms with Gasteiger partial charge >= 0.3 is 0 Å². The second-order valence-corrected chi connectivity index (χ2v) is 7.16. The van der Waals surface area contributed by atoms with E-state index in [1.807, 2.05) is 17.5 Å². The number of nitrogens with zero attached hydrogens (tertiary/aromatic N) is 1. The van der Waals surface area contributed by atoms with Crippen LogP contribution in [0.2, 0.25) is 0 Å². The average Bonchev–Trinajstić information content (AvgIpc) is 3.19. The van der Waals surface area contributed by atoms with Crippen molar-refractivity contribution in [3.63, 3.8) is 0 Å². The predicted molar refractivity (Wildman–Crippen MR) is 95.2 cm³/mol. The number of aliphatic hydroxyl groups is 1. The first-order valence-electron chi connectivity index (χ1n) is 7.29. The fourth-order valence-electron chi connectivity index (χ4n) is 2.04. The third-order valence-corrected chi connectivity index (χ3v) is 5.36. The number of hydrogen-bond acceptors (Lipinski definition) is 7. The molecule has 2 amide bonds. The van der Waals surface area contributed by atoms with Crippen LogP contribution in [0.4, 0.5) is 0 Å². The van der Waals surface area contributed by atoms with E-state index in [9.17, 15) is 19.5 Å². The van der Waals surface area contributed by atoms with E-state index in [0.29, 0.717) is 4.88 Å². The molecule has 0 radical (unpaired) electrons. The lowest BCUT2D eigenvalue weighted by Crippen LogP contribution is -2.40. The highest BCUT2D eigenvalue weighted by atomic mass is 32.1. The lowest BCUT2D eigenvalue weighted by Gasteiger charge is -2.12. The van der Waals surface area contributed by atoms with Crippen molar-refractivity contribution in [2.45, 2.75) is 6.10 Å². The van der Waals surface area contributed by atoms with Crippen LogP contribution in [0.25, 0.3) is 9.40 Å². The van der Waals surface area contributed by atoms with Crippen LogP contribution in [0, 0.1) is 0 Å². The highest BCUT2D eigenvalue weighted by molar-refractivity contribution is 7.27. The quantitative estimate of drug-likeness (QED) is 0.499. The van der Waals surface area contributed by atoms with Crippen LogP contribution in [0.5, 0.6) is 0 Å². The van der Waals surface area contributed by atoms with E-state index in [4.69, 9.17) is 0 Å². The summed E-state index contributed by atoms with van der Waals surface area (Å²) in [6.45, 7) is -0.0828. The van der Waals surface area contributed by atoms with Gasteiger partial charge in [-0.25, -0.2) is 4.98 Å². The number of aromatic nitrogens is 2. The van der Waals surface area contributed by atoms with Crippen molar-refractivity contribution in [3.05, 3.63) is 50.8 Å². The first kappa shape index (κ1) is 17.3. The number of nitrogens with one attached hydrogen (secondary N) is 3. The van der Waals surface area contributed by atoms with Gasteiger partial charge in [0.05, 0.1) is 17.3 Å². The van der Waals surface area contributed by atoms with Crippen LogP contribution in [-0.2, 0) is 0 Å². The number of hydrogen-bond donors (Lipinski definition) is 4. The Bertz CT molecular complexity index is 933. The van der Waals surface area contributed by atoms with E-state index in [2.05, 4.69) is 20.6 Å². The Morgan fingerprint density at radius 3 is 2.68 bits per heavy atom. The fraction of sp³-hybridized carbons (Fsp3) is 0.200. The number of carbonyl (C=O) groups excluding carboxylic acids is 2. The maximum absolute atomic E-state index is 12.1. The molecule has 0 bridgehead atoms. The van der Waals surface area contributed by atoms with Crippen molar-refractivity contribution in [1.82, 2.24) is 20.6 Å². The van der Waals surface area contributed by atoms with E-state index >= 15 is 0 Å². The van der Waals surface area contributed by atoms with Gasteiger partial charge in [0.2, 0.25) is 0 Å². The van der Waals surface area contributed by atoms with E-state index in [0.717, 1.165) is 21.8 Å². The SMILES string of the molecule is O=C(NCC(O)CNC(=O)c1cc2sccc2s1)c1cc(=O)[nH]cn1. The molecular formula is C15H14N4O4S2. The number of rotatable bonds is 6. The van der Waals surface area contributed by atoms with Crippen LogP contribution in [-0.4, -0.2) is 46.1 Å². The van der Waals surface area contributed by atoms with Crippen molar-refractivity contribution in [2.75, 3.05) is 13.1 Å². The molecule has 3 aromatic rings. The number of amides is 2. The van der Waals surface area contributed by atoms with Gasteiger partial charge in [0.15, 0.2) is 0 Å². The minimum atomic E-state index is -0.962. The summed E-state index contributed by atoms with van der Waals surface area (Å²) in [5.41, 5.74) is -0.484. The summed E-state index contributed by atoms with van der Waals surface area (Å²) in [6, 6.07) is 4.83. The van der Waals surface area contributed by atoms with Gasteiger partial charge in [-0.3, -0.25) is 14.4 Å². The fourth-order valence-corrected chi connectivity index (χ4v) is 4.07. The monoisotopic (exact) mass is 378 g/mol. The van der Waals surface area contributed by atoms with E-state index in [1.54, 1.807) is 11.3 Å². The van der Waals surface area contributed by atoms with Crippen molar-refractivity contribution >= 4 is 43.9 Å². The summed E-state index contributed by atoms with van der Waals surface area (Å²) in [5, 5.41) is 16.9. The van der Waals surface area contributed by atoms with Gasteiger partial charge in [-0.1, -0.05) is 0 Å². The third kappa shape index (κ3) is 4.29. The van der Waals surface area contributed by atoms with Gasteiger partial charge < -0.3 is 20.7 Å². The minimum Gasteiger partial charge on any atom is -0.389 e. The van der Waals surface area contributed by atoms with Crippen molar-refractivity contribution in [3.8, 4) is 0 Å². The zero-order valence-corrected chi connectivity index (χ0v) is 14.4. The van der Waals surface area contributed by atoms with Gasteiger partial charge in [0.25, 0.3) is 17.4 Å². The zero-order chi connectivity index (χ0) is 17.8. The second-order valence-electron chi connectivity index (χ2n) is 5.13. The molecule has 0 saturated carbocycles. The maximum atomic E-state index is 12.1. The summed E-state index contributed by atoms with van der Waals surface area (Å²) < 4.78 is 2.10. The molecular weight excluding hydrogens is 364 g/mol. The molecule has 3 heterocycles. The van der Waals surface area contributed by atoms with E-state index in [-0.39, 0.29) is 24.7 Å². The lowest BCUT2D eigenvalue weighted by molar-refractivity contribution is 0.0884. The molecule has 25 heavy (non-hydrogen) atoms. The molecule has 8 nitrogen and oxygen atoms in total. The Morgan fingerprint density at radius 1 is 1.20 bits per heavy atom. The Hall–Kier alpha value is -2.56. The molecule has 4 N–H and O–H groups in total. The average molecular weight is 378 g/mol. The summed E-state index contributed by atoms with van der Waals surface area (Å²) in [7, 11) is 0. The van der Waals surface area contributed by atoms with Crippen molar-refractivity contribution < 1.29 is 14.7 Å². The molecule has 130 valence electrons. The molecule has 0 aliphatic rings. The van der Waals surface area contributed by atoms with Gasteiger partial charge in [0.1, 0.15) is 5.69 Å². The minimum absolute atomic E-state index is 0.00648. The molecule has 0 fully saturated rings. The number of thiophene rings is 2. The van der Waals surface area contributed by atoms with Crippen molar-refractivity contribution in [2.24, 2.45) is 0 Å². The number of aromatic amines is 1. The third-order valence-electron chi connectivity index (χ3n) is 3.27. The lowest BCUT2D eigenvalue weighted by atomic mass is 10.3. The number of fused-ring (bicyclic) bond motifs is 1. The summed E-state index contributed by atoms with van der Waals surface area (Å²) >= 11 is 2.95.